The summed E-state index contributed by atoms with van der Waals surface area (Å²) in [6, 6.07) is 14.3. The average molecular weight is 354 g/mol. The fourth-order valence-electron chi connectivity index (χ4n) is 2.37. The number of carbonyl (C=O) groups is 1. The SMILES string of the molecule is COc1ccc(-c2nc(C)ncc2C(=O)Nc2cccc(Cl)c2)cc1. The molecule has 0 radical (unpaired) electrons. The van der Waals surface area contributed by atoms with Gasteiger partial charge >= 0.3 is 0 Å². The number of rotatable bonds is 4. The van der Waals surface area contributed by atoms with Crippen molar-refractivity contribution in [2.45, 2.75) is 6.92 Å². The number of amides is 1. The summed E-state index contributed by atoms with van der Waals surface area (Å²) in [5, 5.41) is 3.37. The van der Waals surface area contributed by atoms with E-state index < -0.39 is 0 Å². The highest BCUT2D eigenvalue weighted by Crippen LogP contribution is 2.25. The molecule has 0 bridgehead atoms. The number of nitrogens with zero attached hydrogens (tertiary/aromatic N) is 2. The van der Waals surface area contributed by atoms with Crippen LogP contribution in [0.15, 0.2) is 54.7 Å². The lowest BCUT2D eigenvalue weighted by atomic mass is 10.1. The van der Waals surface area contributed by atoms with Crippen molar-refractivity contribution in [3.63, 3.8) is 0 Å². The fourth-order valence-corrected chi connectivity index (χ4v) is 2.56. The van der Waals surface area contributed by atoms with E-state index in [4.69, 9.17) is 16.3 Å². The van der Waals surface area contributed by atoms with Crippen molar-refractivity contribution >= 4 is 23.2 Å². The van der Waals surface area contributed by atoms with Gasteiger partial charge in [0.15, 0.2) is 0 Å². The molecule has 1 aromatic heterocycles. The van der Waals surface area contributed by atoms with E-state index >= 15 is 0 Å². The Morgan fingerprint density at radius 1 is 1.16 bits per heavy atom. The van der Waals surface area contributed by atoms with Gasteiger partial charge in [0.1, 0.15) is 11.6 Å². The zero-order valence-electron chi connectivity index (χ0n) is 13.8. The molecule has 3 rings (SSSR count). The summed E-state index contributed by atoms with van der Waals surface area (Å²) in [6.45, 7) is 1.78. The van der Waals surface area contributed by atoms with E-state index in [1.54, 1.807) is 38.3 Å². The third-order valence-corrected chi connectivity index (χ3v) is 3.83. The Morgan fingerprint density at radius 2 is 1.92 bits per heavy atom. The first-order chi connectivity index (χ1) is 12.1. The lowest BCUT2D eigenvalue weighted by Gasteiger charge is -2.11. The molecule has 5 nitrogen and oxygen atoms in total. The molecule has 0 saturated heterocycles. The van der Waals surface area contributed by atoms with Crippen LogP contribution in [0.1, 0.15) is 16.2 Å². The monoisotopic (exact) mass is 353 g/mol. The molecule has 0 spiro atoms. The number of aryl methyl sites for hydroxylation is 1. The largest absolute Gasteiger partial charge is 0.497 e. The van der Waals surface area contributed by atoms with E-state index in [1.165, 1.54) is 6.20 Å². The maximum absolute atomic E-state index is 12.7. The number of benzene rings is 2. The van der Waals surface area contributed by atoms with Crippen molar-refractivity contribution in [3.05, 3.63) is 71.1 Å². The number of carbonyl (C=O) groups excluding carboxylic acids is 1. The molecule has 25 heavy (non-hydrogen) atoms. The number of halogens is 1. The molecular weight excluding hydrogens is 338 g/mol. The first-order valence-corrected chi connectivity index (χ1v) is 7.99. The van der Waals surface area contributed by atoms with Gasteiger partial charge in [0.25, 0.3) is 5.91 Å². The summed E-state index contributed by atoms with van der Waals surface area (Å²) in [4.78, 5) is 21.3. The van der Waals surface area contributed by atoms with Crippen LogP contribution in [0, 0.1) is 6.92 Å². The quantitative estimate of drug-likeness (QED) is 0.756. The molecule has 1 heterocycles. The van der Waals surface area contributed by atoms with Crippen molar-refractivity contribution in [1.29, 1.82) is 0 Å². The molecule has 0 unspecified atom stereocenters. The first-order valence-electron chi connectivity index (χ1n) is 7.62. The van der Waals surface area contributed by atoms with E-state index in [-0.39, 0.29) is 5.91 Å². The second-order valence-electron chi connectivity index (χ2n) is 5.37. The number of anilines is 1. The van der Waals surface area contributed by atoms with Crippen LogP contribution in [-0.2, 0) is 0 Å². The Morgan fingerprint density at radius 3 is 2.60 bits per heavy atom. The maximum atomic E-state index is 12.7. The normalized spacial score (nSPS) is 10.4. The smallest absolute Gasteiger partial charge is 0.259 e. The van der Waals surface area contributed by atoms with Crippen molar-refractivity contribution in [3.8, 4) is 17.0 Å². The van der Waals surface area contributed by atoms with E-state index in [9.17, 15) is 4.79 Å². The Balaban J connectivity index is 1.96. The highest BCUT2D eigenvalue weighted by atomic mass is 35.5. The maximum Gasteiger partial charge on any atom is 0.259 e. The van der Waals surface area contributed by atoms with Crippen molar-refractivity contribution in [2.24, 2.45) is 0 Å². The van der Waals surface area contributed by atoms with Crippen LogP contribution in [0.2, 0.25) is 5.02 Å². The van der Waals surface area contributed by atoms with Gasteiger partial charge in [-0.15, -0.1) is 0 Å². The van der Waals surface area contributed by atoms with Gasteiger partial charge in [-0.25, -0.2) is 9.97 Å². The third kappa shape index (κ3) is 3.95. The molecule has 126 valence electrons. The van der Waals surface area contributed by atoms with Crippen molar-refractivity contribution in [2.75, 3.05) is 12.4 Å². The van der Waals surface area contributed by atoms with Crippen LogP contribution in [0.5, 0.6) is 5.75 Å². The standard InChI is InChI=1S/C19H16ClN3O2/c1-12-21-11-17(19(24)23-15-5-3-4-14(20)10-15)18(22-12)13-6-8-16(25-2)9-7-13/h3-11H,1-2H3,(H,23,24). The lowest BCUT2D eigenvalue weighted by Crippen LogP contribution is -2.15. The summed E-state index contributed by atoms with van der Waals surface area (Å²) in [7, 11) is 1.60. The van der Waals surface area contributed by atoms with Gasteiger partial charge in [-0.05, 0) is 49.4 Å². The van der Waals surface area contributed by atoms with Crippen molar-refractivity contribution in [1.82, 2.24) is 9.97 Å². The number of methoxy groups -OCH3 is 1. The van der Waals surface area contributed by atoms with Crippen LogP contribution in [0.3, 0.4) is 0 Å². The Kier molecular flexibility index (Phi) is 4.95. The van der Waals surface area contributed by atoms with Gasteiger partial charge in [-0.1, -0.05) is 17.7 Å². The third-order valence-electron chi connectivity index (χ3n) is 3.60. The molecule has 0 atom stereocenters. The van der Waals surface area contributed by atoms with Gasteiger partial charge in [-0.2, -0.15) is 0 Å². The second kappa shape index (κ2) is 7.32. The number of hydrogen-bond donors (Lipinski definition) is 1. The molecule has 0 aliphatic rings. The predicted octanol–water partition coefficient (Wildman–Crippen LogP) is 4.37. The molecule has 6 heteroatoms. The summed E-state index contributed by atoms with van der Waals surface area (Å²) >= 11 is 5.96. The minimum atomic E-state index is -0.298. The molecule has 0 saturated carbocycles. The van der Waals surface area contributed by atoms with Gasteiger partial charge < -0.3 is 10.1 Å². The zero-order chi connectivity index (χ0) is 17.8. The van der Waals surface area contributed by atoms with Crippen LogP contribution in [-0.4, -0.2) is 23.0 Å². The molecule has 0 aliphatic heterocycles. The Hall–Kier alpha value is -2.92. The number of hydrogen-bond acceptors (Lipinski definition) is 4. The highest BCUT2D eigenvalue weighted by Gasteiger charge is 2.16. The predicted molar refractivity (Wildman–Crippen MR) is 98.2 cm³/mol. The van der Waals surface area contributed by atoms with Gasteiger partial charge in [0, 0.05) is 22.5 Å². The lowest BCUT2D eigenvalue weighted by molar-refractivity contribution is 0.102. The molecule has 0 aliphatic carbocycles. The van der Waals surface area contributed by atoms with Crippen LogP contribution >= 0.6 is 11.6 Å². The Labute approximate surface area is 150 Å². The summed E-state index contributed by atoms with van der Waals surface area (Å²) in [5.41, 5.74) is 2.37. The fraction of sp³-hybridized carbons (Fsp3) is 0.105. The molecular formula is C19H16ClN3O2. The van der Waals surface area contributed by atoms with Gasteiger partial charge in [-0.3, -0.25) is 4.79 Å². The van der Waals surface area contributed by atoms with Crippen LogP contribution in [0.4, 0.5) is 5.69 Å². The van der Waals surface area contributed by atoms with Gasteiger partial charge in [0.05, 0.1) is 18.4 Å². The summed E-state index contributed by atoms with van der Waals surface area (Å²) < 4.78 is 5.17. The second-order valence-corrected chi connectivity index (χ2v) is 5.81. The van der Waals surface area contributed by atoms with E-state index in [0.717, 1.165) is 11.3 Å². The number of aromatic nitrogens is 2. The van der Waals surface area contributed by atoms with Gasteiger partial charge in [0.2, 0.25) is 0 Å². The molecule has 2 aromatic carbocycles. The van der Waals surface area contributed by atoms with E-state index in [0.29, 0.717) is 27.8 Å². The Bertz CT molecular complexity index is 911. The average Bonchev–Trinajstić information content (AvgIpc) is 2.61. The summed E-state index contributed by atoms with van der Waals surface area (Å²) in [6.07, 6.45) is 1.53. The van der Waals surface area contributed by atoms with Crippen LogP contribution < -0.4 is 10.1 Å². The van der Waals surface area contributed by atoms with Crippen molar-refractivity contribution < 1.29 is 9.53 Å². The molecule has 3 aromatic rings. The van der Waals surface area contributed by atoms with Crippen LogP contribution in [0.25, 0.3) is 11.3 Å². The number of ether oxygens (including phenoxy) is 1. The minimum Gasteiger partial charge on any atom is -0.497 e. The molecule has 1 amide bonds. The molecule has 1 N–H and O–H groups in total. The summed E-state index contributed by atoms with van der Waals surface area (Å²) in [5.74, 6) is 1.03. The number of nitrogens with one attached hydrogen (secondary N) is 1. The van der Waals surface area contributed by atoms with E-state index in [2.05, 4.69) is 15.3 Å². The zero-order valence-corrected chi connectivity index (χ0v) is 14.5. The first kappa shape index (κ1) is 16.9. The highest BCUT2D eigenvalue weighted by molar-refractivity contribution is 6.31. The van der Waals surface area contributed by atoms with E-state index in [1.807, 2.05) is 24.3 Å². The topological polar surface area (TPSA) is 64.1 Å². The molecule has 0 fully saturated rings. The minimum absolute atomic E-state index is 0.298.